The van der Waals surface area contributed by atoms with Crippen molar-refractivity contribution in [3.63, 3.8) is 0 Å². The highest BCUT2D eigenvalue weighted by molar-refractivity contribution is 5.36. The molecule has 3 rings (SSSR count). The lowest BCUT2D eigenvalue weighted by molar-refractivity contribution is 0.0799. The maximum absolute atomic E-state index is 6.45. The van der Waals surface area contributed by atoms with E-state index < -0.39 is 11.2 Å². The number of benzene rings is 3. The van der Waals surface area contributed by atoms with E-state index in [0.717, 1.165) is 29.0 Å². The number of rotatable bonds is 7. The molecule has 0 heterocycles. The van der Waals surface area contributed by atoms with Gasteiger partial charge in [0.25, 0.3) is 0 Å². The van der Waals surface area contributed by atoms with Crippen molar-refractivity contribution in [2.24, 2.45) is 0 Å². The molecule has 3 aromatic rings. The first-order valence-electron chi connectivity index (χ1n) is 10.3. The van der Waals surface area contributed by atoms with Crippen molar-refractivity contribution in [3.8, 4) is 11.5 Å². The fourth-order valence-corrected chi connectivity index (χ4v) is 3.54. The fourth-order valence-electron chi connectivity index (χ4n) is 3.54. The van der Waals surface area contributed by atoms with E-state index in [0.29, 0.717) is 0 Å². The van der Waals surface area contributed by atoms with Crippen molar-refractivity contribution < 1.29 is 9.47 Å². The van der Waals surface area contributed by atoms with Crippen molar-refractivity contribution in [2.75, 3.05) is 0 Å². The molecule has 1 atom stereocenters. The second-order valence-corrected chi connectivity index (χ2v) is 8.51. The van der Waals surface area contributed by atoms with E-state index in [4.69, 9.17) is 9.47 Å². The molecule has 152 valence electrons. The molecule has 0 aliphatic heterocycles. The van der Waals surface area contributed by atoms with Gasteiger partial charge in [0.2, 0.25) is 0 Å². The molecule has 0 aliphatic rings. The summed E-state index contributed by atoms with van der Waals surface area (Å²) in [4.78, 5) is 0. The Morgan fingerprint density at radius 3 is 1.83 bits per heavy atom. The molecule has 1 unspecified atom stereocenters. The molecule has 2 nitrogen and oxygen atoms in total. The monoisotopic (exact) mass is 388 g/mol. The third-order valence-electron chi connectivity index (χ3n) is 5.54. The van der Waals surface area contributed by atoms with Crippen LogP contribution in [0.1, 0.15) is 56.4 Å². The minimum absolute atomic E-state index is 0.426. The molecular weight excluding hydrogens is 356 g/mol. The van der Waals surface area contributed by atoms with Crippen LogP contribution in [0.15, 0.2) is 72.8 Å². The standard InChI is InChI=1S/C27H32O2/c1-7-27(6,29-24-15-9-12-21(3)18-24)23-14-10-16-25(19-23)28-26(4,5)22-13-8-11-20(2)17-22/h8-19H,7H2,1-6H3. The highest BCUT2D eigenvalue weighted by atomic mass is 16.5. The van der Waals surface area contributed by atoms with Gasteiger partial charge in [0, 0.05) is 0 Å². The van der Waals surface area contributed by atoms with Gasteiger partial charge in [0.1, 0.15) is 22.7 Å². The number of aryl methyl sites for hydroxylation is 2. The highest BCUT2D eigenvalue weighted by Gasteiger charge is 2.29. The molecule has 3 aromatic carbocycles. The molecule has 0 saturated heterocycles. The Bertz CT molecular complexity index is 974. The lowest BCUT2D eigenvalue weighted by Crippen LogP contribution is -2.29. The van der Waals surface area contributed by atoms with Crippen LogP contribution in [0, 0.1) is 13.8 Å². The van der Waals surface area contributed by atoms with Crippen LogP contribution in [0.5, 0.6) is 11.5 Å². The molecule has 0 fully saturated rings. The Kier molecular flexibility index (Phi) is 6.02. The van der Waals surface area contributed by atoms with Crippen LogP contribution in [-0.2, 0) is 11.2 Å². The average Bonchev–Trinajstić information content (AvgIpc) is 2.68. The third-order valence-corrected chi connectivity index (χ3v) is 5.54. The molecule has 0 spiro atoms. The third kappa shape index (κ3) is 5.00. The Balaban J connectivity index is 1.87. The van der Waals surface area contributed by atoms with Crippen LogP contribution in [0.4, 0.5) is 0 Å². The summed E-state index contributed by atoms with van der Waals surface area (Å²) in [6.07, 6.45) is 0.853. The zero-order valence-corrected chi connectivity index (χ0v) is 18.5. The summed E-state index contributed by atoms with van der Waals surface area (Å²) in [6, 6.07) is 25.0. The van der Waals surface area contributed by atoms with E-state index in [9.17, 15) is 0 Å². The average molecular weight is 389 g/mol. The van der Waals surface area contributed by atoms with Gasteiger partial charge in [0.05, 0.1) is 0 Å². The lowest BCUT2D eigenvalue weighted by Gasteiger charge is -2.32. The van der Waals surface area contributed by atoms with Crippen molar-refractivity contribution in [1.82, 2.24) is 0 Å². The zero-order valence-electron chi connectivity index (χ0n) is 18.5. The summed E-state index contributed by atoms with van der Waals surface area (Å²) in [5.74, 6) is 1.74. The first kappa shape index (κ1) is 21.0. The molecule has 0 aliphatic carbocycles. The van der Waals surface area contributed by atoms with Crippen LogP contribution in [0.25, 0.3) is 0 Å². The maximum Gasteiger partial charge on any atom is 0.131 e. The smallest absolute Gasteiger partial charge is 0.131 e. The number of ether oxygens (including phenoxy) is 2. The summed E-state index contributed by atoms with van der Waals surface area (Å²) in [5.41, 5.74) is 3.85. The Morgan fingerprint density at radius 2 is 1.21 bits per heavy atom. The van der Waals surface area contributed by atoms with Crippen molar-refractivity contribution in [3.05, 3.63) is 95.1 Å². The van der Waals surface area contributed by atoms with E-state index in [1.807, 2.05) is 24.3 Å². The highest BCUT2D eigenvalue weighted by Crippen LogP contribution is 2.35. The topological polar surface area (TPSA) is 18.5 Å². The van der Waals surface area contributed by atoms with Gasteiger partial charge in [-0.1, -0.05) is 61.0 Å². The second-order valence-electron chi connectivity index (χ2n) is 8.51. The summed E-state index contributed by atoms with van der Waals surface area (Å²) in [5, 5.41) is 0. The fraction of sp³-hybridized carbons (Fsp3) is 0.333. The molecule has 0 amide bonds. The SMILES string of the molecule is CCC(C)(Oc1cccc(C)c1)c1cccc(OC(C)(C)c2cccc(C)c2)c1. The van der Waals surface area contributed by atoms with Gasteiger partial charge in [0.15, 0.2) is 0 Å². The quantitative estimate of drug-likeness (QED) is 0.422. The van der Waals surface area contributed by atoms with E-state index >= 15 is 0 Å². The van der Waals surface area contributed by atoms with Gasteiger partial charge in [-0.25, -0.2) is 0 Å². The lowest BCUT2D eigenvalue weighted by atomic mass is 9.92. The Hall–Kier alpha value is -2.74. The largest absolute Gasteiger partial charge is 0.483 e. The first-order chi connectivity index (χ1) is 13.7. The van der Waals surface area contributed by atoms with Crippen molar-refractivity contribution >= 4 is 0 Å². The van der Waals surface area contributed by atoms with E-state index in [1.54, 1.807) is 0 Å². The molecule has 0 N–H and O–H groups in total. The van der Waals surface area contributed by atoms with Crippen LogP contribution in [0.3, 0.4) is 0 Å². The zero-order chi connectivity index (χ0) is 21.1. The van der Waals surface area contributed by atoms with E-state index in [1.165, 1.54) is 11.1 Å². The van der Waals surface area contributed by atoms with Crippen molar-refractivity contribution in [2.45, 2.75) is 59.2 Å². The molecule has 0 radical (unpaired) electrons. The molecule has 0 saturated carbocycles. The molecule has 29 heavy (non-hydrogen) atoms. The van der Waals surface area contributed by atoms with Crippen LogP contribution in [0.2, 0.25) is 0 Å². The van der Waals surface area contributed by atoms with Gasteiger partial charge >= 0.3 is 0 Å². The van der Waals surface area contributed by atoms with Gasteiger partial charge in [-0.05, 0) is 82.0 Å². The second kappa shape index (κ2) is 8.32. The molecule has 0 aromatic heterocycles. The summed E-state index contributed by atoms with van der Waals surface area (Å²) in [7, 11) is 0. The predicted molar refractivity (Wildman–Crippen MR) is 121 cm³/mol. The van der Waals surface area contributed by atoms with E-state index in [-0.39, 0.29) is 0 Å². The van der Waals surface area contributed by atoms with Crippen LogP contribution < -0.4 is 9.47 Å². The van der Waals surface area contributed by atoms with Gasteiger partial charge in [-0.2, -0.15) is 0 Å². The normalized spacial score (nSPS) is 13.6. The maximum atomic E-state index is 6.45. The summed E-state index contributed by atoms with van der Waals surface area (Å²) < 4.78 is 12.9. The summed E-state index contributed by atoms with van der Waals surface area (Å²) >= 11 is 0. The molecular formula is C27H32O2. The van der Waals surface area contributed by atoms with Gasteiger partial charge in [-0.15, -0.1) is 0 Å². The molecule has 0 bridgehead atoms. The van der Waals surface area contributed by atoms with Gasteiger partial charge in [-0.3, -0.25) is 0 Å². The first-order valence-corrected chi connectivity index (χ1v) is 10.3. The minimum atomic E-state index is -0.430. The van der Waals surface area contributed by atoms with Crippen LogP contribution in [-0.4, -0.2) is 0 Å². The minimum Gasteiger partial charge on any atom is -0.483 e. The predicted octanol–water partition coefficient (Wildman–Crippen LogP) is 7.32. The molecule has 2 heteroatoms. The number of hydrogen-bond acceptors (Lipinski definition) is 2. The number of hydrogen-bond donors (Lipinski definition) is 0. The van der Waals surface area contributed by atoms with E-state index in [2.05, 4.69) is 90.1 Å². The van der Waals surface area contributed by atoms with Crippen molar-refractivity contribution in [1.29, 1.82) is 0 Å². The van der Waals surface area contributed by atoms with Crippen LogP contribution >= 0.6 is 0 Å². The van der Waals surface area contributed by atoms with Gasteiger partial charge < -0.3 is 9.47 Å². The Labute approximate surface area is 175 Å². The Morgan fingerprint density at radius 1 is 0.655 bits per heavy atom. The summed E-state index contributed by atoms with van der Waals surface area (Å²) in [6.45, 7) is 12.7.